The van der Waals surface area contributed by atoms with Crippen LogP contribution in [0.25, 0.3) is 0 Å². The number of fused-ring (bicyclic) bond motifs is 1. The Labute approximate surface area is 182 Å². The van der Waals surface area contributed by atoms with E-state index in [1.807, 2.05) is 13.8 Å². The second-order valence-electron chi connectivity index (χ2n) is 9.15. The molecule has 1 aromatic heterocycles. The molecule has 0 radical (unpaired) electrons. The number of hydrogen-bond acceptors (Lipinski definition) is 6. The highest BCUT2D eigenvalue weighted by molar-refractivity contribution is 6.09. The molecule has 164 valence electrons. The lowest BCUT2D eigenvalue weighted by Crippen LogP contribution is -2.41. The van der Waals surface area contributed by atoms with Gasteiger partial charge in [-0.25, -0.2) is 9.98 Å². The molecule has 31 heavy (non-hydrogen) atoms. The summed E-state index contributed by atoms with van der Waals surface area (Å²) in [6.07, 6.45) is 5.50. The van der Waals surface area contributed by atoms with Crippen molar-refractivity contribution in [1.29, 1.82) is 0 Å². The van der Waals surface area contributed by atoms with Crippen LogP contribution in [0.4, 0.5) is 11.5 Å². The minimum Gasteiger partial charge on any atom is -0.481 e. The number of benzene rings is 1. The second-order valence-corrected chi connectivity index (χ2v) is 9.15. The van der Waals surface area contributed by atoms with E-state index in [1.165, 1.54) is 5.56 Å². The molecule has 0 saturated heterocycles. The van der Waals surface area contributed by atoms with E-state index < -0.39 is 11.6 Å². The van der Waals surface area contributed by atoms with Crippen LogP contribution in [0.5, 0.6) is 5.88 Å². The van der Waals surface area contributed by atoms with Gasteiger partial charge in [0.1, 0.15) is 11.4 Å². The Morgan fingerprint density at radius 2 is 1.84 bits per heavy atom. The number of carbonyl (C=O) groups is 1. The lowest BCUT2D eigenvalue weighted by Gasteiger charge is -2.32. The normalized spacial score (nSPS) is 22.2. The third-order valence-corrected chi connectivity index (χ3v) is 6.41. The number of nitrogens with two attached hydrogens (primary N) is 1. The van der Waals surface area contributed by atoms with E-state index in [0.717, 1.165) is 43.4 Å². The summed E-state index contributed by atoms with van der Waals surface area (Å²) in [6, 6.07) is 8.57. The third-order valence-electron chi connectivity index (χ3n) is 6.41. The van der Waals surface area contributed by atoms with Crippen LogP contribution in [0, 0.1) is 12.8 Å². The van der Waals surface area contributed by atoms with E-state index in [-0.39, 0.29) is 6.42 Å². The monoisotopic (exact) mass is 422 g/mol. The number of nitrogens with zero attached hydrogens (tertiary/aromatic N) is 3. The SMILES string of the molecule is Cc1nc(N)c2c(n1)OC(C)(C)C(c1ccc(C3CCC(CCC(=O)O)CC3)cc1)=N2. The molecule has 2 heterocycles. The van der Waals surface area contributed by atoms with E-state index in [4.69, 9.17) is 20.6 Å². The molecular formula is C24H30N4O3. The van der Waals surface area contributed by atoms with E-state index in [1.54, 1.807) is 6.92 Å². The zero-order valence-corrected chi connectivity index (χ0v) is 18.4. The number of hydrogen-bond donors (Lipinski definition) is 2. The van der Waals surface area contributed by atoms with Gasteiger partial charge in [-0.3, -0.25) is 4.79 Å². The van der Waals surface area contributed by atoms with Gasteiger partial charge in [0, 0.05) is 12.0 Å². The van der Waals surface area contributed by atoms with Crippen molar-refractivity contribution in [2.24, 2.45) is 10.9 Å². The Kier molecular flexibility index (Phi) is 5.69. The lowest BCUT2D eigenvalue weighted by atomic mass is 9.77. The van der Waals surface area contributed by atoms with Crippen molar-refractivity contribution in [1.82, 2.24) is 9.97 Å². The lowest BCUT2D eigenvalue weighted by molar-refractivity contribution is -0.137. The van der Waals surface area contributed by atoms with Crippen LogP contribution < -0.4 is 10.5 Å². The van der Waals surface area contributed by atoms with Crippen molar-refractivity contribution >= 4 is 23.2 Å². The first-order valence-electron chi connectivity index (χ1n) is 11.0. The van der Waals surface area contributed by atoms with Crippen LogP contribution in [0.2, 0.25) is 0 Å². The average Bonchev–Trinajstić information content (AvgIpc) is 2.71. The molecule has 1 aromatic carbocycles. The van der Waals surface area contributed by atoms with Crippen molar-refractivity contribution in [2.75, 3.05) is 5.73 Å². The predicted octanol–water partition coefficient (Wildman–Crippen LogP) is 4.80. The van der Waals surface area contributed by atoms with Crippen LogP contribution in [-0.2, 0) is 4.79 Å². The van der Waals surface area contributed by atoms with Crippen molar-refractivity contribution in [3.05, 3.63) is 41.2 Å². The summed E-state index contributed by atoms with van der Waals surface area (Å²) in [4.78, 5) is 24.2. The molecule has 1 aliphatic carbocycles. The molecule has 0 amide bonds. The van der Waals surface area contributed by atoms with E-state index in [9.17, 15) is 4.79 Å². The fraction of sp³-hybridized carbons (Fsp3) is 0.500. The number of aliphatic carboxylic acids is 1. The summed E-state index contributed by atoms with van der Waals surface area (Å²) in [6.45, 7) is 5.74. The molecule has 4 rings (SSSR count). The molecule has 2 aliphatic rings. The van der Waals surface area contributed by atoms with Gasteiger partial charge in [-0.1, -0.05) is 24.3 Å². The van der Waals surface area contributed by atoms with Crippen molar-refractivity contribution < 1.29 is 14.6 Å². The van der Waals surface area contributed by atoms with Gasteiger partial charge in [-0.2, -0.15) is 4.98 Å². The number of aliphatic imine (C=N–C) groups is 1. The topological polar surface area (TPSA) is 111 Å². The van der Waals surface area contributed by atoms with Gasteiger partial charge in [0.15, 0.2) is 11.5 Å². The summed E-state index contributed by atoms with van der Waals surface area (Å²) in [5.41, 5.74) is 9.06. The van der Waals surface area contributed by atoms with Gasteiger partial charge in [0.05, 0.1) is 5.71 Å². The molecule has 2 aromatic rings. The van der Waals surface area contributed by atoms with Crippen LogP contribution in [-0.4, -0.2) is 32.4 Å². The number of aryl methyl sites for hydroxylation is 1. The molecule has 0 unspecified atom stereocenters. The Bertz CT molecular complexity index is 1010. The van der Waals surface area contributed by atoms with Gasteiger partial charge < -0.3 is 15.6 Å². The second kappa shape index (κ2) is 8.29. The van der Waals surface area contributed by atoms with Crippen LogP contribution in [0.1, 0.15) is 75.2 Å². The molecule has 7 heteroatoms. The van der Waals surface area contributed by atoms with Crippen LogP contribution in [0.3, 0.4) is 0 Å². The molecule has 1 fully saturated rings. The number of aromatic nitrogens is 2. The predicted molar refractivity (Wildman–Crippen MR) is 120 cm³/mol. The Morgan fingerprint density at radius 3 is 2.48 bits per heavy atom. The first-order valence-corrected chi connectivity index (χ1v) is 11.0. The van der Waals surface area contributed by atoms with Gasteiger partial charge in [0.2, 0.25) is 5.88 Å². The number of anilines is 1. The molecule has 1 saturated carbocycles. The van der Waals surface area contributed by atoms with Gasteiger partial charge >= 0.3 is 5.97 Å². The summed E-state index contributed by atoms with van der Waals surface area (Å²) in [5, 5.41) is 8.89. The maximum atomic E-state index is 10.8. The van der Waals surface area contributed by atoms with Crippen molar-refractivity contribution in [3.8, 4) is 5.88 Å². The number of nitrogen functional groups attached to an aromatic ring is 1. The molecule has 1 aliphatic heterocycles. The minimum absolute atomic E-state index is 0.280. The summed E-state index contributed by atoms with van der Waals surface area (Å²) in [5.74, 6) is 1.69. The third kappa shape index (κ3) is 4.55. The summed E-state index contributed by atoms with van der Waals surface area (Å²) in [7, 11) is 0. The summed E-state index contributed by atoms with van der Waals surface area (Å²) < 4.78 is 6.14. The van der Waals surface area contributed by atoms with E-state index >= 15 is 0 Å². The van der Waals surface area contributed by atoms with Crippen molar-refractivity contribution in [2.45, 2.75) is 70.8 Å². The van der Waals surface area contributed by atoms with E-state index in [0.29, 0.717) is 35.0 Å². The van der Waals surface area contributed by atoms with Gasteiger partial charge in [-0.15, -0.1) is 0 Å². The Balaban J connectivity index is 1.50. The number of carboxylic acids is 1. The van der Waals surface area contributed by atoms with E-state index in [2.05, 4.69) is 34.2 Å². The van der Waals surface area contributed by atoms with Crippen LogP contribution in [0.15, 0.2) is 29.3 Å². The Morgan fingerprint density at radius 1 is 1.16 bits per heavy atom. The maximum absolute atomic E-state index is 10.8. The molecule has 0 spiro atoms. The maximum Gasteiger partial charge on any atom is 0.303 e. The fourth-order valence-electron chi connectivity index (χ4n) is 4.71. The standard InChI is InChI=1S/C24H30N4O3/c1-14-26-22(25)20-23(27-14)31-24(2,3)21(28-20)18-11-9-17(10-12-18)16-7-4-15(5-8-16)6-13-19(29)30/h9-12,15-16H,4-8,13H2,1-3H3,(H,29,30)(H2,25,26,27). The highest BCUT2D eigenvalue weighted by Crippen LogP contribution is 2.40. The van der Waals surface area contributed by atoms with Crippen LogP contribution >= 0.6 is 0 Å². The molecule has 3 N–H and O–H groups in total. The number of carboxylic acid groups (broad SMARTS) is 1. The van der Waals surface area contributed by atoms with Crippen molar-refractivity contribution in [3.63, 3.8) is 0 Å². The molecular weight excluding hydrogens is 392 g/mol. The highest BCUT2D eigenvalue weighted by atomic mass is 16.5. The fourth-order valence-corrected chi connectivity index (χ4v) is 4.71. The van der Waals surface area contributed by atoms with Gasteiger partial charge in [0.25, 0.3) is 0 Å². The average molecular weight is 423 g/mol. The first-order chi connectivity index (χ1) is 14.7. The largest absolute Gasteiger partial charge is 0.481 e. The molecule has 0 bridgehead atoms. The molecule has 7 nitrogen and oxygen atoms in total. The Hall–Kier alpha value is -2.96. The zero-order valence-electron chi connectivity index (χ0n) is 18.4. The van der Waals surface area contributed by atoms with Gasteiger partial charge in [-0.05, 0) is 70.3 Å². The quantitative estimate of drug-likeness (QED) is 0.716. The zero-order chi connectivity index (χ0) is 22.2. The smallest absolute Gasteiger partial charge is 0.303 e. The molecule has 0 atom stereocenters. The number of ether oxygens (including phenoxy) is 1. The highest BCUT2D eigenvalue weighted by Gasteiger charge is 2.35. The summed E-state index contributed by atoms with van der Waals surface area (Å²) >= 11 is 0. The first kappa shape index (κ1) is 21.3. The minimum atomic E-state index is -0.693. The number of rotatable bonds is 5.